The van der Waals surface area contributed by atoms with Crippen molar-refractivity contribution in [1.29, 1.82) is 0 Å². The molecule has 0 radical (unpaired) electrons. The van der Waals surface area contributed by atoms with Crippen molar-refractivity contribution >= 4 is 19.7 Å². The van der Waals surface area contributed by atoms with Crippen LogP contribution in [0.1, 0.15) is 13.8 Å². The number of aromatic nitrogens is 1. The van der Waals surface area contributed by atoms with Crippen LogP contribution in [-0.4, -0.2) is 27.6 Å². The fourth-order valence-electron chi connectivity index (χ4n) is 2.61. The minimum absolute atomic E-state index is 0.202. The van der Waals surface area contributed by atoms with Crippen LogP contribution in [0.2, 0.25) is 0 Å². The van der Waals surface area contributed by atoms with Crippen molar-refractivity contribution in [2.24, 2.45) is 5.92 Å². The molecule has 0 bridgehead atoms. The molecule has 0 unspecified atom stereocenters. The van der Waals surface area contributed by atoms with E-state index in [1.54, 1.807) is 13.8 Å². The summed E-state index contributed by atoms with van der Waals surface area (Å²) in [5, 5.41) is -1.58. The number of rotatable bonds is 6. The molecule has 0 fully saturated rings. The second kappa shape index (κ2) is 7.68. The molecule has 6 nitrogen and oxygen atoms in total. The molecule has 0 saturated carbocycles. The van der Waals surface area contributed by atoms with Crippen LogP contribution in [0, 0.1) is 17.6 Å². The minimum Gasteiger partial charge on any atom is -0.423 e. The first-order chi connectivity index (χ1) is 13.5. The number of hydrogen-bond donors (Lipinski definition) is 0. The normalized spacial score (nSPS) is 12.4. The molecule has 1 aromatic heterocycles. The number of benzene rings is 2. The van der Waals surface area contributed by atoms with Gasteiger partial charge in [-0.3, -0.25) is 0 Å². The Kier molecular flexibility index (Phi) is 5.59. The third kappa shape index (κ3) is 4.38. The maximum absolute atomic E-state index is 13.2. The zero-order valence-corrected chi connectivity index (χ0v) is 17.1. The summed E-state index contributed by atoms with van der Waals surface area (Å²) in [6.07, 6.45) is 0. The lowest BCUT2D eigenvalue weighted by Gasteiger charge is -2.06. The summed E-state index contributed by atoms with van der Waals surface area (Å²) in [5.41, 5.74) is 0.202. The summed E-state index contributed by atoms with van der Waals surface area (Å²) in [7, 11) is -8.57. The predicted molar refractivity (Wildman–Crippen MR) is 101 cm³/mol. The average Bonchev–Trinajstić information content (AvgIpc) is 3.09. The largest absolute Gasteiger partial charge is 0.423 e. The highest BCUT2D eigenvalue weighted by molar-refractivity contribution is 7.94. The standard InChI is InChI=1S/C19H17F2NO5S2/c1-12(2)11-28(23,24)19-18(29(25,26)16-9-7-15(21)8-10-16)22-17(27-19)13-3-5-14(20)6-4-13/h3-10,12H,11H2,1-2H3. The zero-order valence-electron chi connectivity index (χ0n) is 15.5. The van der Waals surface area contributed by atoms with E-state index in [-0.39, 0.29) is 28.0 Å². The van der Waals surface area contributed by atoms with Crippen LogP contribution in [0.15, 0.2) is 68.0 Å². The van der Waals surface area contributed by atoms with Gasteiger partial charge in [0.2, 0.25) is 30.6 Å². The van der Waals surface area contributed by atoms with Crippen LogP contribution in [0.5, 0.6) is 0 Å². The number of nitrogens with zero attached hydrogens (tertiary/aromatic N) is 1. The lowest BCUT2D eigenvalue weighted by molar-refractivity contribution is 0.442. The molecular formula is C19H17F2NO5S2. The van der Waals surface area contributed by atoms with Gasteiger partial charge in [0.25, 0.3) is 5.09 Å². The van der Waals surface area contributed by atoms with Crippen LogP contribution >= 0.6 is 0 Å². The van der Waals surface area contributed by atoms with Gasteiger partial charge >= 0.3 is 0 Å². The summed E-state index contributed by atoms with van der Waals surface area (Å²) in [4.78, 5) is 3.57. The van der Waals surface area contributed by atoms with Gasteiger partial charge in [-0.15, -0.1) is 0 Å². The van der Waals surface area contributed by atoms with Crippen LogP contribution in [0.3, 0.4) is 0 Å². The smallest absolute Gasteiger partial charge is 0.258 e. The van der Waals surface area contributed by atoms with Crippen molar-refractivity contribution in [3.05, 3.63) is 60.2 Å². The Balaban J connectivity index is 2.23. The Hall–Kier alpha value is -2.59. The van der Waals surface area contributed by atoms with Gasteiger partial charge in [0.15, 0.2) is 0 Å². The summed E-state index contributed by atoms with van der Waals surface area (Å²) >= 11 is 0. The third-order valence-corrected chi connectivity index (χ3v) is 7.63. The molecular weight excluding hydrogens is 424 g/mol. The van der Waals surface area contributed by atoms with Gasteiger partial charge in [-0.25, -0.2) is 25.6 Å². The molecule has 0 spiro atoms. The lowest BCUT2D eigenvalue weighted by Crippen LogP contribution is -2.15. The van der Waals surface area contributed by atoms with E-state index < -0.39 is 41.4 Å². The first-order valence-corrected chi connectivity index (χ1v) is 11.6. The zero-order chi connectivity index (χ0) is 21.4. The van der Waals surface area contributed by atoms with Crippen LogP contribution < -0.4 is 0 Å². The molecule has 29 heavy (non-hydrogen) atoms. The summed E-state index contributed by atoms with van der Waals surface area (Å²) < 4.78 is 83.4. The molecule has 10 heteroatoms. The Bertz CT molecular complexity index is 1230. The van der Waals surface area contributed by atoms with Gasteiger partial charge in [-0.2, -0.15) is 4.98 Å². The summed E-state index contributed by atoms with van der Waals surface area (Å²) in [6, 6.07) is 8.69. The average molecular weight is 441 g/mol. The van der Waals surface area contributed by atoms with Crippen molar-refractivity contribution in [3.8, 4) is 11.5 Å². The highest BCUT2D eigenvalue weighted by Gasteiger charge is 2.35. The van der Waals surface area contributed by atoms with E-state index in [2.05, 4.69) is 4.98 Å². The highest BCUT2D eigenvalue weighted by Crippen LogP contribution is 2.33. The summed E-state index contributed by atoms with van der Waals surface area (Å²) in [5.74, 6) is -2.14. The molecule has 3 aromatic rings. The maximum Gasteiger partial charge on any atom is 0.258 e. The van der Waals surface area contributed by atoms with Crippen molar-refractivity contribution in [2.45, 2.75) is 28.9 Å². The summed E-state index contributed by atoms with van der Waals surface area (Å²) in [6.45, 7) is 3.31. The van der Waals surface area contributed by atoms with Crippen molar-refractivity contribution in [2.75, 3.05) is 5.75 Å². The van der Waals surface area contributed by atoms with E-state index in [9.17, 15) is 25.6 Å². The molecule has 3 rings (SSSR count). The molecule has 0 saturated heterocycles. The van der Waals surface area contributed by atoms with E-state index in [1.807, 2.05) is 0 Å². The van der Waals surface area contributed by atoms with Gasteiger partial charge < -0.3 is 4.42 Å². The molecule has 1 heterocycles. The van der Waals surface area contributed by atoms with E-state index in [0.717, 1.165) is 36.4 Å². The number of sulfone groups is 2. The Morgan fingerprint density at radius 3 is 1.93 bits per heavy atom. The van der Waals surface area contributed by atoms with Gasteiger partial charge in [0.1, 0.15) is 11.6 Å². The predicted octanol–water partition coefficient (Wildman–Crippen LogP) is 3.88. The second-order valence-corrected chi connectivity index (χ2v) is 10.5. The SMILES string of the molecule is CC(C)CS(=O)(=O)c1oc(-c2ccc(F)cc2)nc1S(=O)(=O)c1ccc(F)cc1. The molecule has 0 atom stereocenters. The quantitative estimate of drug-likeness (QED) is 0.539. The van der Waals surface area contributed by atoms with E-state index in [0.29, 0.717) is 0 Å². The van der Waals surface area contributed by atoms with Crippen LogP contribution in [0.25, 0.3) is 11.5 Å². The molecule has 2 aromatic carbocycles. The fourth-order valence-corrected chi connectivity index (χ4v) is 6.05. The molecule has 154 valence electrons. The van der Waals surface area contributed by atoms with Crippen LogP contribution in [0.4, 0.5) is 8.78 Å². The van der Waals surface area contributed by atoms with Gasteiger partial charge in [0.05, 0.1) is 10.6 Å². The molecule has 0 N–H and O–H groups in total. The van der Waals surface area contributed by atoms with Crippen molar-refractivity contribution in [3.63, 3.8) is 0 Å². The van der Waals surface area contributed by atoms with Gasteiger partial charge in [0, 0.05) is 5.56 Å². The Labute approximate surface area is 167 Å². The first-order valence-electron chi connectivity index (χ1n) is 8.51. The maximum atomic E-state index is 13.2. The Morgan fingerprint density at radius 2 is 1.41 bits per heavy atom. The van der Waals surface area contributed by atoms with E-state index in [4.69, 9.17) is 4.42 Å². The first kappa shape index (κ1) is 21.1. The topological polar surface area (TPSA) is 94.3 Å². The second-order valence-electron chi connectivity index (χ2n) is 6.75. The lowest BCUT2D eigenvalue weighted by atomic mass is 10.2. The van der Waals surface area contributed by atoms with E-state index in [1.165, 1.54) is 12.1 Å². The van der Waals surface area contributed by atoms with Crippen molar-refractivity contribution in [1.82, 2.24) is 4.98 Å². The monoisotopic (exact) mass is 441 g/mol. The van der Waals surface area contributed by atoms with Crippen molar-refractivity contribution < 1.29 is 30.0 Å². The third-order valence-electron chi connectivity index (χ3n) is 3.87. The van der Waals surface area contributed by atoms with Crippen LogP contribution in [-0.2, 0) is 19.7 Å². The number of halogens is 2. The van der Waals surface area contributed by atoms with Gasteiger partial charge in [-0.05, 0) is 54.4 Å². The fraction of sp³-hybridized carbons (Fsp3) is 0.211. The molecule has 0 aliphatic carbocycles. The van der Waals surface area contributed by atoms with E-state index >= 15 is 0 Å². The number of hydrogen-bond acceptors (Lipinski definition) is 6. The Morgan fingerprint density at radius 1 is 0.897 bits per heavy atom. The number of oxazole rings is 1. The molecule has 0 aliphatic rings. The van der Waals surface area contributed by atoms with Gasteiger partial charge in [-0.1, -0.05) is 13.8 Å². The highest BCUT2D eigenvalue weighted by atomic mass is 32.2. The molecule has 0 amide bonds. The minimum atomic E-state index is -4.43. The molecule has 0 aliphatic heterocycles.